The Morgan fingerprint density at radius 3 is 2.86 bits per heavy atom. The van der Waals surface area contributed by atoms with Crippen LogP contribution in [-0.4, -0.2) is 39.5 Å². The minimum Gasteiger partial charge on any atom is -0.503 e. The van der Waals surface area contributed by atoms with Crippen LogP contribution in [0.25, 0.3) is 0 Å². The molecule has 3 heterocycles. The van der Waals surface area contributed by atoms with Crippen LogP contribution in [0.2, 0.25) is 5.02 Å². The van der Waals surface area contributed by atoms with E-state index >= 15 is 0 Å². The topological polar surface area (TPSA) is 91.6 Å². The largest absolute Gasteiger partial charge is 0.503 e. The lowest BCUT2D eigenvalue weighted by atomic mass is 10.1. The molecule has 1 aromatic heterocycles. The van der Waals surface area contributed by atoms with Gasteiger partial charge in [-0.3, -0.25) is 14.4 Å². The number of carbonyl (C=O) groups excluding carboxylic acids is 2. The van der Waals surface area contributed by atoms with Gasteiger partial charge in [-0.15, -0.1) is 0 Å². The third-order valence-electron chi connectivity index (χ3n) is 5.57. The second kappa shape index (κ2) is 7.18. The molecular weight excluding hydrogens is 401 g/mol. The van der Waals surface area contributed by atoms with Crippen LogP contribution in [0.1, 0.15) is 51.5 Å². The van der Waals surface area contributed by atoms with Crippen LogP contribution < -0.4 is 10.7 Å². The Kier molecular flexibility index (Phi) is 4.82. The molecule has 4 rings (SSSR count). The van der Waals surface area contributed by atoms with E-state index in [9.17, 15) is 23.9 Å². The van der Waals surface area contributed by atoms with Crippen molar-refractivity contribution in [3.05, 3.63) is 61.8 Å². The van der Waals surface area contributed by atoms with Gasteiger partial charge in [-0.05, 0) is 25.8 Å². The molecule has 0 aliphatic carbocycles. The van der Waals surface area contributed by atoms with E-state index in [0.717, 1.165) is 0 Å². The van der Waals surface area contributed by atoms with Gasteiger partial charge in [0, 0.05) is 30.9 Å². The molecule has 2 amide bonds. The van der Waals surface area contributed by atoms with Crippen LogP contribution in [0.15, 0.2) is 23.0 Å². The van der Waals surface area contributed by atoms with E-state index in [1.54, 1.807) is 15.5 Å². The minimum absolute atomic E-state index is 0.0574. The number of benzene rings is 1. The maximum absolute atomic E-state index is 14.1. The number of rotatable bonds is 4. The molecule has 0 bridgehead atoms. The van der Waals surface area contributed by atoms with Gasteiger partial charge in [-0.2, -0.15) is 0 Å². The van der Waals surface area contributed by atoms with E-state index < -0.39 is 28.8 Å². The molecule has 2 aliphatic heterocycles. The number of hydrogen-bond acceptors (Lipinski definition) is 4. The Balaban J connectivity index is 1.72. The summed E-state index contributed by atoms with van der Waals surface area (Å²) in [6.45, 7) is 2.59. The Morgan fingerprint density at radius 1 is 1.38 bits per heavy atom. The fraction of sp³-hybridized carbons (Fsp3) is 0.350. The predicted molar refractivity (Wildman–Crippen MR) is 104 cm³/mol. The van der Waals surface area contributed by atoms with Crippen molar-refractivity contribution in [3.63, 3.8) is 0 Å². The Labute approximate surface area is 170 Å². The van der Waals surface area contributed by atoms with Gasteiger partial charge in [0.15, 0.2) is 11.4 Å². The second-order valence-corrected chi connectivity index (χ2v) is 7.56. The predicted octanol–water partition coefficient (Wildman–Crippen LogP) is 2.24. The standard InChI is InChI=1S/C20H19ClFN3O4/c1-2-24-9-11-6-7-13-14(17(26)18(27)16(20(24)29)25(11)13)19(28)23-8-10-4-3-5-12(21)15(10)22/h3-5,11,27H,2,6-9H2,1H3,(H,23,28)/t11-/m1/s1. The zero-order chi connectivity index (χ0) is 20.9. The Morgan fingerprint density at radius 2 is 2.14 bits per heavy atom. The number of carbonyl (C=O) groups is 2. The van der Waals surface area contributed by atoms with E-state index in [0.29, 0.717) is 31.6 Å². The number of nitrogens with zero attached hydrogens (tertiary/aromatic N) is 2. The summed E-state index contributed by atoms with van der Waals surface area (Å²) in [5.41, 5.74) is -0.536. The highest BCUT2D eigenvalue weighted by Crippen LogP contribution is 2.36. The van der Waals surface area contributed by atoms with E-state index in [1.165, 1.54) is 12.1 Å². The quantitative estimate of drug-likeness (QED) is 0.795. The molecule has 9 heteroatoms. The van der Waals surface area contributed by atoms with Crippen molar-refractivity contribution in [1.82, 2.24) is 14.8 Å². The third-order valence-corrected chi connectivity index (χ3v) is 5.86. The lowest BCUT2D eigenvalue weighted by Crippen LogP contribution is -2.44. The molecule has 2 aromatic rings. The van der Waals surface area contributed by atoms with Crippen molar-refractivity contribution >= 4 is 23.4 Å². The maximum Gasteiger partial charge on any atom is 0.274 e. The van der Waals surface area contributed by atoms with Crippen LogP contribution >= 0.6 is 11.6 Å². The van der Waals surface area contributed by atoms with Crippen molar-refractivity contribution in [2.75, 3.05) is 13.1 Å². The molecule has 2 aliphatic rings. The number of hydrogen-bond donors (Lipinski definition) is 2. The summed E-state index contributed by atoms with van der Waals surface area (Å²) in [6, 6.07) is 4.34. The molecule has 7 nitrogen and oxygen atoms in total. The number of aromatic hydroxyl groups is 1. The van der Waals surface area contributed by atoms with Crippen molar-refractivity contribution in [3.8, 4) is 5.75 Å². The van der Waals surface area contributed by atoms with Crippen molar-refractivity contribution < 1.29 is 19.1 Å². The summed E-state index contributed by atoms with van der Waals surface area (Å²) in [7, 11) is 0. The zero-order valence-corrected chi connectivity index (χ0v) is 16.4. The first-order chi connectivity index (χ1) is 13.8. The summed E-state index contributed by atoms with van der Waals surface area (Å²) >= 11 is 5.75. The number of nitrogens with one attached hydrogen (secondary N) is 1. The van der Waals surface area contributed by atoms with E-state index in [4.69, 9.17) is 11.6 Å². The molecule has 0 radical (unpaired) electrons. The molecule has 1 atom stereocenters. The molecule has 0 saturated heterocycles. The summed E-state index contributed by atoms with van der Waals surface area (Å²) < 4.78 is 15.7. The lowest BCUT2D eigenvalue weighted by molar-refractivity contribution is 0.0676. The summed E-state index contributed by atoms with van der Waals surface area (Å²) in [4.78, 5) is 39.8. The first kappa shape index (κ1) is 19.4. The van der Waals surface area contributed by atoms with E-state index in [2.05, 4.69) is 5.32 Å². The Hall–Kier alpha value is -2.87. The van der Waals surface area contributed by atoms with Crippen molar-refractivity contribution in [2.24, 2.45) is 0 Å². The molecule has 0 unspecified atom stereocenters. The van der Waals surface area contributed by atoms with Gasteiger partial charge in [0.2, 0.25) is 5.43 Å². The lowest BCUT2D eigenvalue weighted by Gasteiger charge is -2.34. The molecule has 2 N–H and O–H groups in total. The zero-order valence-electron chi connectivity index (χ0n) is 15.7. The van der Waals surface area contributed by atoms with Crippen molar-refractivity contribution in [1.29, 1.82) is 0 Å². The summed E-state index contributed by atoms with van der Waals surface area (Å²) in [6.07, 6.45) is 1.09. The van der Waals surface area contributed by atoms with E-state index in [-0.39, 0.29) is 34.4 Å². The fourth-order valence-electron chi connectivity index (χ4n) is 4.13. The minimum atomic E-state index is -0.887. The molecule has 29 heavy (non-hydrogen) atoms. The van der Waals surface area contributed by atoms with Gasteiger partial charge in [-0.1, -0.05) is 23.7 Å². The first-order valence-corrected chi connectivity index (χ1v) is 9.73. The van der Waals surface area contributed by atoms with Gasteiger partial charge < -0.3 is 19.9 Å². The average Bonchev–Trinajstić information content (AvgIpc) is 3.11. The van der Waals surface area contributed by atoms with Crippen LogP contribution in [0.4, 0.5) is 4.39 Å². The molecule has 0 spiro atoms. The number of pyridine rings is 1. The molecule has 0 fully saturated rings. The monoisotopic (exact) mass is 419 g/mol. The van der Waals surface area contributed by atoms with Gasteiger partial charge in [0.25, 0.3) is 11.8 Å². The highest BCUT2D eigenvalue weighted by Gasteiger charge is 2.40. The number of amides is 2. The number of aromatic nitrogens is 1. The van der Waals surface area contributed by atoms with Crippen LogP contribution in [0, 0.1) is 5.82 Å². The molecule has 152 valence electrons. The van der Waals surface area contributed by atoms with Gasteiger partial charge in [-0.25, -0.2) is 4.39 Å². The molecular formula is C20H19ClFN3O4. The SMILES string of the molecule is CCN1C[C@H]2CCc3c(C(=O)NCc4cccc(Cl)c4F)c(=O)c(O)c(n32)C1=O. The average molecular weight is 420 g/mol. The van der Waals surface area contributed by atoms with Gasteiger partial charge in [0.1, 0.15) is 11.4 Å². The highest BCUT2D eigenvalue weighted by molar-refractivity contribution is 6.30. The smallest absolute Gasteiger partial charge is 0.274 e. The third kappa shape index (κ3) is 2.98. The number of halogens is 2. The van der Waals surface area contributed by atoms with Gasteiger partial charge >= 0.3 is 0 Å². The highest BCUT2D eigenvalue weighted by atomic mass is 35.5. The summed E-state index contributed by atoms with van der Waals surface area (Å²) in [5.74, 6) is -2.51. The Bertz CT molecular complexity index is 1100. The van der Waals surface area contributed by atoms with Gasteiger partial charge in [0.05, 0.1) is 11.1 Å². The van der Waals surface area contributed by atoms with Crippen LogP contribution in [0.3, 0.4) is 0 Å². The molecule has 1 aromatic carbocycles. The van der Waals surface area contributed by atoms with E-state index in [1.807, 2.05) is 6.92 Å². The normalized spacial score (nSPS) is 17.4. The first-order valence-electron chi connectivity index (χ1n) is 9.35. The van der Waals surface area contributed by atoms with Crippen LogP contribution in [0.5, 0.6) is 5.75 Å². The van der Waals surface area contributed by atoms with Crippen LogP contribution in [-0.2, 0) is 13.0 Å². The fourth-order valence-corrected chi connectivity index (χ4v) is 4.32. The second-order valence-electron chi connectivity index (χ2n) is 7.15. The maximum atomic E-state index is 14.1. The molecule has 0 saturated carbocycles. The summed E-state index contributed by atoms with van der Waals surface area (Å²) in [5, 5.41) is 12.9. The number of likely N-dealkylation sites (N-methyl/N-ethyl adjacent to an activating group) is 1. The van der Waals surface area contributed by atoms with Crippen molar-refractivity contribution in [2.45, 2.75) is 32.4 Å².